The summed E-state index contributed by atoms with van der Waals surface area (Å²) in [7, 11) is 5.72. The molecular weight excluding hydrogens is 214 g/mol. The molecule has 0 saturated carbocycles. The van der Waals surface area contributed by atoms with Gasteiger partial charge in [0.1, 0.15) is 5.78 Å². The molecular formula is C10H21NOS2. The Morgan fingerprint density at radius 3 is 2.64 bits per heavy atom. The summed E-state index contributed by atoms with van der Waals surface area (Å²) < 4.78 is 6.85. The van der Waals surface area contributed by atoms with Gasteiger partial charge in [0.15, 0.2) is 0 Å². The van der Waals surface area contributed by atoms with E-state index in [4.69, 9.17) is 1.37 Å². The Morgan fingerprint density at radius 1 is 1.29 bits per heavy atom. The summed E-state index contributed by atoms with van der Waals surface area (Å²) >= 11 is 0. The highest BCUT2D eigenvalue weighted by molar-refractivity contribution is 8.76. The molecule has 1 N–H and O–H groups in total. The van der Waals surface area contributed by atoms with Gasteiger partial charge in [0.25, 0.3) is 0 Å². The summed E-state index contributed by atoms with van der Waals surface area (Å²) in [5.74, 6) is 2.29. The number of carbonyl (C=O) groups is 1. The lowest BCUT2D eigenvalue weighted by Crippen LogP contribution is -2.07. The first kappa shape index (κ1) is 12.4. The minimum atomic E-state index is -0.0537. The third-order valence-electron chi connectivity index (χ3n) is 1.67. The molecule has 0 radical (unpaired) electrons. The SMILES string of the molecule is [3H]CC(=O)CCCSSCCCCNC. The van der Waals surface area contributed by atoms with Gasteiger partial charge in [-0.3, -0.25) is 0 Å². The van der Waals surface area contributed by atoms with Gasteiger partial charge in [0.2, 0.25) is 0 Å². The van der Waals surface area contributed by atoms with Crippen LogP contribution in [0.15, 0.2) is 0 Å². The average Bonchev–Trinajstić information content (AvgIpc) is 2.26. The van der Waals surface area contributed by atoms with Crippen molar-refractivity contribution in [3.8, 4) is 0 Å². The van der Waals surface area contributed by atoms with Crippen molar-refractivity contribution in [2.45, 2.75) is 32.6 Å². The molecule has 0 aliphatic carbocycles. The van der Waals surface area contributed by atoms with Gasteiger partial charge in [0, 0.05) is 19.3 Å². The summed E-state index contributed by atoms with van der Waals surface area (Å²) in [5, 5.41) is 3.13. The van der Waals surface area contributed by atoms with Crippen LogP contribution in [0, 0.1) is 0 Å². The number of rotatable bonds is 10. The molecule has 2 nitrogen and oxygen atoms in total. The van der Waals surface area contributed by atoms with E-state index in [0.717, 1.165) is 18.7 Å². The highest BCUT2D eigenvalue weighted by atomic mass is 33.1. The number of nitrogens with one attached hydrogen (secondary N) is 1. The molecule has 0 saturated heterocycles. The number of carbonyl (C=O) groups excluding carboxylic acids is 1. The van der Waals surface area contributed by atoms with Crippen LogP contribution >= 0.6 is 21.6 Å². The van der Waals surface area contributed by atoms with Gasteiger partial charge in [-0.2, -0.15) is 0 Å². The molecule has 0 atom stereocenters. The fraction of sp³-hybridized carbons (Fsp3) is 0.900. The molecule has 84 valence electrons. The Balaban J connectivity index is 2.95. The summed E-state index contributed by atoms with van der Waals surface area (Å²) in [6.45, 7) is 1.05. The Morgan fingerprint density at radius 2 is 2.00 bits per heavy atom. The molecule has 0 rings (SSSR count). The van der Waals surface area contributed by atoms with Gasteiger partial charge >= 0.3 is 0 Å². The van der Waals surface area contributed by atoms with Crippen LogP contribution in [-0.4, -0.2) is 30.9 Å². The van der Waals surface area contributed by atoms with E-state index in [1.165, 1.54) is 18.6 Å². The lowest BCUT2D eigenvalue weighted by atomic mass is 10.3. The third kappa shape index (κ3) is 12.3. The van der Waals surface area contributed by atoms with Crippen molar-refractivity contribution in [1.29, 1.82) is 0 Å². The molecule has 0 aromatic rings. The predicted molar refractivity (Wildman–Crippen MR) is 68.0 cm³/mol. The fourth-order valence-corrected chi connectivity index (χ4v) is 3.14. The molecule has 14 heavy (non-hydrogen) atoms. The maximum atomic E-state index is 10.8. The summed E-state index contributed by atoms with van der Waals surface area (Å²) in [6, 6.07) is 0. The van der Waals surface area contributed by atoms with Crippen LogP contribution in [0.25, 0.3) is 0 Å². The van der Waals surface area contributed by atoms with Crippen molar-refractivity contribution < 1.29 is 6.17 Å². The molecule has 0 spiro atoms. The number of ketones is 1. The molecule has 0 aliphatic rings. The second kappa shape index (κ2) is 11.4. The maximum Gasteiger partial charge on any atom is 0.129 e. The van der Waals surface area contributed by atoms with Crippen molar-refractivity contribution in [2.24, 2.45) is 0 Å². The first-order valence-corrected chi connectivity index (χ1v) is 7.50. The zero-order chi connectivity index (χ0) is 11.4. The average molecular weight is 237 g/mol. The largest absolute Gasteiger partial charge is 0.320 e. The van der Waals surface area contributed by atoms with Gasteiger partial charge < -0.3 is 10.1 Å². The van der Waals surface area contributed by atoms with E-state index in [1.54, 1.807) is 0 Å². The van der Waals surface area contributed by atoms with Gasteiger partial charge in [0.05, 0.1) is 0 Å². The molecule has 0 fully saturated rings. The number of hydrogen-bond acceptors (Lipinski definition) is 4. The first-order valence-electron chi connectivity index (χ1n) is 5.72. The summed E-state index contributed by atoms with van der Waals surface area (Å²) in [6.07, 6.45) is 3.99. The lowest BCUT2D eigenvalue weighted by Gasteiger charge is -2.00. The van der Waals surface area contributed by atoms with Crippen molar-refractivity contribution in [3.05, 3.63) is 0 Å². The number of hydrogen-bond donors (Lipinski definition) is 1. The monoisotopic (exact) mass is 237 g/mol. The molecule has 0 aliphatic heterocycles. The Bertz CT molecular complexity index is 158. The van der Waals surface area contributed by atoms with Crippen LogP contribution in [0.4, 0.5) is 0 Å². The lowest BCUT2D eigenvalue weighted by molar-refractivity contribution is -0.117. The molecule has 0 bridgehead atoms. The standard InChI is InChI=1S/C10H21NOS2/c1-10(12)6-5-9-14-13-8-4-3-7-11-2/h11H,3-9H2,1-2H3/i1T. The maximum absolute atomic E-state index is 10.8. The van der Waals surface area contributed by atoms with Crippen LogP contribution in [0.2, 0.25) is 0 Å². The van der Waals surface area contributed by atoms with Crippen LogP contribution < -0.4 is 5.32 Å². The molecule has 0 unspecified atom stereocenters. The van der Waals surface area contributed by atoms with E-state index < -0.39 is 0 Å². The van der Waals surface area contributed by atoms with E-state index >= 15 is 0 Å². The zero-order valence-electron chi connectivity index (χ0n) is 9.88. The van der Waals surface area contributed by atoms with E-state index in [9.17, 15) is 4.79 Å². The van der Waals surface area contributed by atoms with E-state index in [2.05, 4.69) is 5.32 Å². The van der Waals surface area contributed by atoms with Gasteiger partial charge in [-0.25, -0.2) is 0 Å². The van der Waals surface area contributed by atoms with E-state index in [0.29, 0.717) is 6.42 Å². The van der Waals surface area contributed by atoms with Crippen LogP contribution in [0.1, 0.15) is 34.0 Å². The first-order chi connectivity index (χ1) is 7.31. The van der Waals surface area contributed by atoms with Crippen LogP contribution in [-0.2, 0) is 4.79 Å². The Kier molecular flexibility index (Phi) is 10.1. The van der Waals surface area contributed by atoms with E-state index in [1.807, 2.05) is 28.6 Å². The number of Topliss-reactive ketones (excluding diaryl/α,β-unsaturated/α-hetero) is 1. The van der Waals surface area contributed by atoms with Gasteiger partial charge in [-0.1, -0.05) is 21.6 Å². The zero-order valence-corrected chi connectivity index (χ0v) is 10.5. The number of unbranched alkanes of at least 4 members (excludes halogenated alkanes) is 1. The van der Waals surface area contributed by atoms with Crippen LogP contribution in [0.5, 0.6) is 0 Å². The minimum Gasteiger partial charge on any atom is -0.320 e. The normalized spacial score (nSPS) is 11.4. The highest BCUT2D eigenvalue weighted by Gasteiger charge is 1.94. The Labute approximate surface area is 96.8 Å². The smallest absolute Gasteiger partial charge is 0.129 e. The van der Waals surface area contributed by atoms with Crippen molar-refractivity contribution in [3.63, 3.8) is 0 Å². The van der Waals surface area contributed by atoms with Crippen molar-refractivity contribution >= 4 is 27.4 Å². The summed E-state index contributed by atoms with van der Waals surface area (Å²) in [4.78, 5) is 10.8. The van der Waals surface area contributed by atoms with Crippen molar-refractivity contribution in [2.75, 3.05) is 25.1 Å². The van der Waals surface area contributed by atoms with Gasteiger partial charge in [-0.15, -0.1) is 0 Å². The highest BCUT2D eigenvalue weighted by Crippen LogP contribution is 2.23. The topological polar surface area (TPSA) is 29.1 Å². The fourth-order valence-electron chi connectivity index (χ4n) is 0.909. The Hall–Kier alpha value is 0.330. The molecule has 0 aromatic carbocycles. The summed E-state index contributed by atoms with van der Waals surface area (Å²) in [5.41, 5.74) is 0. The van der Waals surface area contributed by atoms with E-state index in [-0.39, 0.29) is 12.7 Å². The second-order valence-corrected chi connectivity index (χ2v) is 5.80. The molecule has 4 heteroatoms. The quantitative estimate of drug-likeness (QED) is 0.467. The van der Waals surface area contributed by atoms with Gasteiger partial charge in [-0.05, 0) is 39.8 Å². The molecule has 0 heterocycles. The minimum absolute atomic E-state index is 0.0537. The molecule has 0 amide bonds. The third-order valence-corrected chi connectivity index (χ3v) is 4.25. The second-order valence-electron chi connectivity index (χ2n) is 3.10. The van der Waals surface area contributed by atoms with Crippen molar-refractivity contribution in [1.82, 2.24) is 5.32 Å². The molecule has 0 aromatic heterocycles. The predicted octanol–water partition coefficient (Wildman–Crippen LogP) is 2.74. The van der Waals surface area contributed by atoms with Crippen LogP contribution in [0.3, 0.4) is 0 Å².